The zero-order valence-corrected chi connectivity index (χ0v) is 9.25. The van der Waals surface area contributed by atoms with Crippen LogP contribution >= 0.6 is 0 Å². The number of nitro benzene ring substituents is 1. The van der Waals surface area contributed by atoms with Gasteiger partial charge in [0.05, 0.1) is 16.3 Å². The maximum Gasteiger partial charge on any atom is 0.292 e. The van der Waals surface area contributed by atoms with Crippen LogP contribution in [0.2, 0.25) is 0 Å². The van der Waals surface area contributed by atoms with E-state index in [9.17, 15) is 10.1 Å². The fraction of sp³-hybridized carbons (Fsp3) is 0.0833. The third-order valence-corrected chi connectivity index (χ3v) is 2.38. The molecule has 86 valence electrons. The van der Waals surface area contributed by atoms with Crippen LogP contribution in [-0.4, -0.2) is 9.91 Å². The highest BCUT2D eigenvalue weighted by Gasteiger charge is 2.12. The van der Waals surface area contributed by atoms with E-state index in [0.29, 0.717) is 5.69 Å². The smallest absolute Gasteiger partial charge is 0.292 e. The first kappa shape index (κ1) is 11.1. The van der Waals surface area contributed by atoms with E-state index in [-0.39, 0.29) is 5.69 Å². The van der Waals surface area contributed by atoms with Gasteiger partial charge < -0.3 is 5.32 Å². The molecular weight excluding hydrogens is 218 g/mol. The normalized spacial score (nSPS) is 9.94. The van der Waals surface area contributed by atoms with E-state index >= 15 is 0 Å². The number of para-hydroxylation sites is 2. The molecule has 0 unspecified atom stereocenters. The Bertz CT molecular complexity index is 555. The number of anilines is 2. The van der Waals surface area contributed by atoms with Crippen molar-refractivity contribution < 1.29 is 4.92 Å². The molecule has 0 aliphatic heterocycles. The Morgan fingerprint density at radius 3 is 2.59 bits per heavy atom. The molecule has 0 spiro atoms. The average Bonchev–Trinajstić information content (AvgIpc) is 2.32. The second-order valence-corrected chi connectivity index (χ2v) is 3.54. The van der Waals surface area contributed by atoms with Crippen molar-refractivity contribution in [2.75, 3.05) is 5.32 Å². The predicted octanol–water partition coefficient (Wildman–Crippen LogP) is 3.04. The minimum absolute atomic E-state index is 0.0516. The van der Waals surface area contributed by atoms with E-state index in [1.54, 1.807) is 30.5 Å². The minimum atomic E-state index is -0.409. The molecule has 5 nitrogen and oxygen atoms in total. The predicted molar refractivity (Wildman–Crippen MR) is 65.4 cm³/mol. The third kappa shape index (κ3) is 2.39. The topological polar surface area (TPSA) is 68.1 Å². The van der Waals surface area contributed by atoms with Gasteiger partial charge in [-0.15, -0.1) is 0 Å². The van der Waals surface area contributed by atoms with Gasteiger partial charge in [0.25, 0.3) is 5.69 Å². The molecule has 0 amide bonds. The lowest BCUT2D eigenvalue weighted by Gasteiger charge is -2.08. The van der Waals surface area contributed by atoms with Gasteiger partial charge in [-0.05, 0) is 25.1 Å². The number of pyridine rings is 1. The van der Waals surface area contributed by atoms with E-state index in [4.69, 9.17) is 0 Å². The number of aryl methyl sites for hydroxylation is 1. The SMILES string of the molecule is Cc1ncccc1Nc1ccccc1[N+](=O)[O-]. The van der Waals surface area contributed by atoms with E-state index in [0.717, 1.165) is 11.4 Å². The van der Waals surface area contributed by atoms with Crippen molar-refractivity contribution in [3.63, 3.8) is 0 Å². The summed E-state index contributed by atoms with van der Waals surface area (Å²) in [7, 11) is 0. The van der Waals surface area contributed by atoms with E-state index < -0.39 is 4.92 Å². The zero-order valence-electron chi connectivity index (χ0n) is 9.25. The quantitative estimate of drug-likeness (QED) is 0.648. The third-order valence-electron chi connectivity index (χ3n) is 2.38. The van der Waals surface area contributed by atoms with Gasteiger partial charge in [-0.1, -0.05) is 12.1 Å². The Labute approximate surface area is 98.3 Å². The van der Waals surface area contributed by atoms with Crippen LogP contribution in [0, 0.1) is 17.0 Å². The lowest BCUT2D eigenvalue weighted by molar-refractivity contribution is -0.383. The summed E-state index contributed by atoms with van der Waals surface area (Å²) in [6, 6.07) is 10.1. The molecule has 5 heteroatoms. The standard InChI is InChI=1S/C12H11N3O2/c1-9-10(6-4-8-13-9)14-11-5-2-3-7-12(11)15(16)17/h2-8,14H,1H3. The van der Waals surface area contributed by atoms with E-state index in [2.05, 4.69) is 10.3 Å². The van der Waals surface area contributed by atoms with Gasteiger partial charge in [0.15, 0.2) is 0 Å². The fourth-order valence-corrected chi connectivity index (χ4v) is 1.50. The van der Waals surface area contributed by atoms with Crippen molar-refractivity contribution >= 4 is 17.1 Å². The lowest BCUT2D eigenvalue weighted by Crippen LogP contribution is -1.98. The van der Waals surface area contributed by atoms with Gasteiger partial charge in [-0.3, -0.25) is 15.1 Å². The number of rotatable bonds is 3. The van der Waals surface area contributed by atoms with Crippen LogP contribution in [0.1, 0.15) is 5.69 Å². The monoisotopic (exact) mass is 229 g/mol. The summed E-state index contributed by atoms with van der Waals surface area (Å²) in [5.41, 5.74) is 2.08. The molecule has 1 N–H and O–H groups in total. The molecule has 0 aliphatic carbocycles. The molecule has 0 radical (unpaired) electrons. The summed E-state index contributed by atoms with van der Waals surface area (Å²) in [4.78, 5) is 14.6. The minimum Gasteiger partial charge on any atom is -0.348 e. The number of nitrogens with one attached hydrogen (secondary N) is 1. The van der Waals surface area contributed by atoms with Crippen LogP contribution in [0.3, 0.4) is 0 Å². The second-order valence-electron chi connectivity index (χ2n) is 3.54. The van der Waals surface area contributed by atoms with Gasteiger partial charge >= 0.3 is 0 Å². The summed E-state index contributed by atoms with van der Waals surface area (Å²) < 4.78 is 0. The summed E-state index contributed by atoms with van der Waals surface area (Å²) >= 11 is 0. The highest BCUT2D eigenvalue weighted by molar-refractivity contribution is 5.70. The van der Waals surface area contributed by atoms with Gasteiger partial charge in [0.2, 0.25) is 0 Å². The second kappa shape index (κ2) is 4.61. The number of hydrogen-bond donors (Lipinski definition) is 1. The van der Waals surface area contributed by atoms with Crippen molar-refractivity contribution in [1.82, 2.24) is 4.98 Å². The Hall–Kier alpha value is -2.43. The van der Waals surface area contributed by atoms with Crippen LogP contribution in [-0.2, 0) is 0 Å². The first-order chi connectivity index (χ1) is 8.18. The van der Waals surface area contributed by atoms with Crippen LogP contribution in [0.4, 0.5) is 17.1 Å². The van der Waals surface area contributed by atoms with E-state index in [1.165, 1.54) is 6.07 Å². The number of nitro groups is 1. The molecule has 2 aromatic rings. The molecule has 2 rings (SSSR count). The highest BCUT2D eigenvalue weighted by Crippen LogP contribution is 2.27. The van der Waals surface area contributed by atoms with Gasteiger partial charge in [0.1, 0.15) is 5.69 Å². The van der Waals surface area contributed by atoms with Crippen molar-refractivity contribution in [3.8, 4) is 0 Å². The van der Waals surface area contributed by atoms with Gasteiger partial charge in [-0.25, -0.2) is 0 Å². The van der Waals surface area contributed by atoms with Crippen molar-refractivity contribution in [2.45, 2.75) is 6.92 Å². The Morgan fingerprint density at radius 1 is 1.18 bits per heavy atom. The molecule has 0 fully saturated rings. The van der Waals surface area contributed by atoms with Crippen molar-refractivity contribution in [2.24, 2.45) is 0 Å². The highest BCUT2D eigenvalue weighted by atomic mass is 16.6. The molecule has 0 aliphatic rings. The average molecular weight is 229 g/mol. The summed E-state index contributed by atoms with van der Waals surface area (Å²) in [6.07, 6.45) is 1.68. The maximum absolute atomic E-state index is 10.8. The first-order valence-corrected chi connectivity index (χ1v) is 5.10. The number of nitrogens with zero attached hydrogens (tertiary/aromatic N) is 2. The summed E-state index contributed by atoms with van der Waals surface area (Å²) in [5, 5.41) is 13.9. The molecule has 1 aromatic carbocycles. The maximum atomic E-state index is 10.8. The van der Waals surface area contributed by atoms with E-state index in [1.807, 2.05) is 13.0 Å². The number of hydrogen-bond acceptors (Lipinski definition) is 4. The molecule has 1 aromatic heterocycles. The largest absolute Gasteiger partial charge is 0.348 e. The molecule has 0 atom stereocenters. The molecule has 17 heavy (non-hydrogen) atoms. The number of benzene rings is 1. The summed E-state index contributed by atoms with van der Waals surface area (Å²) in [6.45, 7) is 1.84. The first-order valence-electron chi connectivity index (χ1n) is 5.10. The number of aromatic nitrogens is 1. The van der Waals surface area contributed by atoms with Crippen LogP contribution in [0.15, 0.2) is 42.6 Å². The molecule has 0 bridgehead atoms. The molecule has 0 saturated heterocycles. The molecule has 0 saturated carbocycles. The fourth-order valence-electron chi connectivity index (χ4n) is 1.50. The van der Waals surface area contributed by atoms with Crippen molar-refractivity contribution in [1.29, 1.82) is 0 Å². The van der Waals surface area contributed by atoms with Crippen LogP contribution in [0.25, 0.3) is 0 Å². The van der Waals surface area contributed by atoms with Gasteiger partial charge in [0, 0.05) is 12.3 Å². The molecule has 1 heterocycles. The Balaban J connectivity index is 2.37. The summed E-state index contributed by atoms with van der Waals surface area (Å²) in [5.74, 6) is 0. The Kier molecular flexibility index (Phi) is 3.00. The van der Waals surface area contributed by atoms with Crippen LogP contribution < -0.4 is 5.32 Å². The van der Waals surface area contributed by atoms with Crippen molar-refractivity contribution in [3.05, 3.63) is 58.4 Å². The van der Waals surface area contributed by atoms with Crippen LogP contribution in [0.5, 0.6) is 0 Å². The molecular formula is C12H11N3O2. The Morgan fingerprint density at radius 2 is 1.88 bits per heavy atom. The zero-order chi connectivity index (χ0) is 12.3. The lowest BCUT2D eigenvalue weighted by atomic mass is 10.2. The van der Waals surface area contributed by atoms with Gasteiger partial charge in [-0.2, -0.15) is 0 Å².